The Labute approximate surface area is 192 Å². The molecule has 1 heterocycles. The number of aromatic nitrogens is 2. The molecule has 1 aromatic carbocycles. The van der Waals surface area contributed by atoms with Crippen molar-refractivity contribution in [1.29, 1.82) is 0 Å². The molecule has 0 bridgehead atoms. The van der Waals surface area contributed by atoms with Gasteiger partial charge in [-0.2, -0.15) is 0 Å². The summed E-state index contributed by atoms with van der Waals surface area (Å²) in [6.07, 6.45) is 0. The summed E-state index contributed by atoms with van der Waals surface area (Å²) in [6.45, 7) is 16.9. The van der Waals surface area contributed by atoms with E-state index in [0.29, 0.717) is 25.2 Å². The molecule has 32 heavy (non-hydrogen) atoms. The first-order valence-electron chi connectivity index (χ1n) is 12.0. The molecule has 0 fully saturated rings. The van der Waals surface area contributed by atoms with E-state index in [-0.39, 0.29) is 11.6 Å². The Morgan fingerprint density at radius 2 is 1.44 bits per heavy atom. The van der Waals surface area contributed by atoms with Crippen molar-refractivity contribution in [3.63, 3.8) is 0 Å². The highest BCUT2D eigenvalue weighted by Crippen LogP contribution is 2.15. The molecule has 0 saturated heterocycles. The topological polar surface area (TPSA) is 67.8 Å². The van der Waals surface area contributed by atoms with Gasteiger partial charge in [0, 0.05) is 44.8 Å². The molecule has 1 amide bonds. The second-order valence-corrected chi connectivity index (χ2v) is 8.46. The van der Waals surface area contributed by atoms with Crippen LogP contribution in [0.5, 0.6) is 0 Å². The smallest absolute Gasteiger partial charge is 0.326 e. The van der Waals surface area contributed by atoms with Crippen LogP contribution >= 0.6 is 0 Å². The highest BCUT2D eigenvalue weighted by molar-refractivity contribution is 5.97. The minimum Gasteiger partial charge on any atom is -0.336 e. The maximum atomic E-state index is 13.5. The average Bonchev–Trinajstić information content (AvgIpc) is 3.10. The van der Waals surface area contributed by atoms with Gasteiger partial charge < -0.3 is 24.6 Å². The van der Waals surface area contributed by atoms with Crippen LogP contribution in [0.3, 0.4) is 0 Å². The van der Waals surface area contributed by atoms with Gasteiger partial charge in [-0.25, -0.2) is 4.79 Å². The van der Waals surface area contributed by atoms with Crippen LogP contribution in [0, 0.1) is 0 Å². The van der Waals surface area contributed by atoms with Crippen molar-refractivity contribution in [2.24, 2.45) is 0 Å². The highest BCUT2D eigenvalue weighted by Gasteiger charge is 2.19. The third-order valence-electron chi connectivity index (χ3n) is 6.24. The molecule has 8 heteroatoms. The first kappa shape index (κ1) is 26.1. The molecular formula is C24H42N6O2. The standard InChI is InChI=1S/C24H42N6O2/c1-7-27(8-2)14-16-29(17-15-28(9-3)10-4)23(31)20-11-12-21-22(19-20)30(24(32)25-21)18-13-26(5)6/h11-12,19H,7-10,13-18H2,1-6H3,(H,25,32). The number of aromatic amines is 1. The second-order valence-electron chi connectivity index (χ2n) is 8.46. The fourth-order valence-corrected chi connectivity index (χ4v) is 3.91. The van der Waals surface area contributed by atoms with Gasteiger partial charge in [0.25, 0.3) is 5.91 Å². The monoisotopic (exact) mass is 446 g/mol. The highest BCUT2D eigenvalue weighted by atomic mass is 16.2. The fraction of sp³-hybridized carbons (Fsp3) is 0.667. The summed E-state index contributed by atoms with van der Waals surface area (Å²) >= 11 is 0. The summed E-state index contributed by atoms with van der Waals surface area (Å²) in [7, 11) is 3.97. The summed E-state index contributed by atoms with van der Waals surface area (Å²) in [4.78, 5) is 37.6. The number of H-pyrrole nitrogens is 1. The van der Waals surface area contributed by atoms with Crippen LogP contribution in [0.15, 0.2) is 23.0 Å². The Morgan fingerprint density at radius 1 is 0.875 bits per heavy atom. The summed E-state index contributed by atoms with van der Waals surface area (Å²) in [5.74, 6) is 0.0269. The molecule has 1 N–H and O–H groups in total. The molecule has 0 aliphatic carbocycles. The summed E-state index contributed by atoms with van der Waals surface area (Å²) in [6, 6.07) is 5.55. The average molecular weight is 447 g/mol. The van der Waals surface area contributed by atoms with Gasteiger partial charge in [-0.15, -0.1) is 0 Å². The lowest BCUT2D eigenvalue weighted by Crippen LogP contribution is -2.42. The molecule has 0 radical (unpaired) electrons. The van der Waals surface area contributed by atoms with E-state index in [9.17, 15) is 9.59 Å². The summed E-state index contributed by atoms with van der Waals surface area (Å²) in [5, 5.41) is 0. The van der Waals surface area contributed by atoms with Crippen molar-refractivity contribution < 1.29 is 4.79 Å². The Kier molecular flexibility index (Phi) is 10.4. The first-order valence-corrected chi connectivity index (χ1v) is 12.0. The quantitative estimate of drug-likeness (QED) is 0.481. The zero-order valence-corrected chi connectivity index (χ0v) is 20.9. The Balaban J connectivity index is 2.29. The predicted molar refractivity (Wildman–Crippen MR) is 133 cm³/mol. The van der Waals surface area contributed by atoms with Gasteiger partial charge in [0.2, 0.25) is 0 Å². The fourth-order valence-electron chi connectivity index (χ4n) is 3.91. The number of imidazole rings is 1. The lowest BCUT2D eigenvalue weighted by molar-refractivity contribution is 0.0718. The lowest BCUT2D eigenvalue weighted by atomic mass is 10.1. The molecule has 1 aromatic heterocycles. The molecule has 0 atom stereocenters. The third-order valence-corrected chi connectivity index (χ3v) is 6.24. The SMILES string of the molecule is CCN(CC)CCN(CCN(CC)CC)C(=O)c1ccc2[nH]c(=O)n(CCN(C)C)c2c1. The van der Waals surface area contributed by atoms with E-state index in [1.807, 2.05) is 42.1 Å². The van der Waals surface area contributed by atoms with Gasteiger partial charge in [-0.3, -0.25) is 9.36 Å². The van der Waals surface area contributed by atoms with Crippen LogP contribution in [0.25, 0.3) is 11.0 Å². The number of fused-ring (bicyclic) bond motifs is 1. The molecule has 0 aliphatic heterocycles. The van der Waals surface area contributed by atoms with Crippen LogP contribution in [0.1, 0.15) is 38.1 Å². The molecular weight excluding hydrogens is 404 g/mol. The van der Waals surface area contributed by atoms with Gasteiger partial charge in [-0.05, 0) is 58.5 Å². The van der Waals surface area contributed by atoms with Crippen LogP contribution in [0.2, 0.25) is 0 Å². The van der Waals surface area contributed by atoms with Crippen molar-refractivity contribution in [1.82, 2.24) is 29.2 Å². The van der Waals surface area contributed by atoms with Crippen molar-refractivity contribution in [2.75, 3.05) is 73.0 Å². The second kappa shape index (κ2) is 12.8. The van der Waals surface area contributed by atoms with E-state index in [0.717, 1.165) is 56.8 Å². The number of amides is 1. The summed E-state index contributed by atoms with van der Waals surface area (Å²) in [5.41, 5.74) is 2.05. The van der Waals surface area contributed by atoms with Crippen LogP contribution in [-0.4, -0.2) is 108 Å². The number of hydrogen-bond acceptors (Lipinski definition) is 5. The van der Waals surface area contributed by atoms with Gasteiger partial charge in [0.15, 0.2) is 0 Å². The molecule has 2 aromatic rings. The normalized spacial score (nSPS) is 11.9. The molecule has 0 spiro atoms. The molecule has 0 saturated carbocycles. The third kappa shape index (κ3) is 6.92. The van der Waals surface area contributed by atoms with E-state index >= 15 is 0 Å². The number of nitrogens with one attached hydrogen (secondary N) is 1. The van der Waals surface area contributed by atoms with Crippen LogP contribution in [-0.2, 0) is 6.54 Å². The predicted octanol–water partition coefficient (Wildman–Crippen LogP) is 2.02. The minimum atomic E-state index is -0.133. The molecule has 0 unspecified atom stereocenters. The van der Waals surface area contributed by atoms with Gasteiger partial charge in [0.1, 0.15) is 0 Å². The Hall–Kier alpha value is -2.16. The van der Waals surface area contributed by atoms with E-state index in [1.165, 1.54) is 0 Å². The number of hydrogen-bond donors (Lipinski definition) is 1. The van der Waals surface area contributed by atoms with Crippen LogP contribution < -0.4 is 5.69 Å². The van der Waals surface area contributed by atoms with Crippen molar-refractivity contribution in [3.05, 3.63) is 34.2 Å². The van der Waals surface area contributed by atoms with Crippen molar-refractivity contribution in [2.45, 2.75) is 34.2 Å². The van der Waals surface area contributed by atoms with E-state index in [2.05, 4.69) is 42.5 Å². The molecule has 8 nitrogen and oxygen atoms in total. The van der Waals surface area contributed by atoms with E-state index in [4.69, 9.17) is 0 Å². The summed E-state index contributed by atoms with van der Waals surface area (Å²) < 4.78 is 1.72. The number of carbonyl (C=O) groups is 1. The van der Waals surface area contributed by atoms with Crippen LogP contribution in [0.4, 0.5) is 0 Å². The van der Waals surface area contributed by atoms with E-state index in [1.54, 1.807) is 4.57 Å². The van der Waals surface area contributed by atoms with Gasteiger partial charge >= 0.3 is 5.69 Å². The van der Waals surface area contributed by atoms with E-state index < -0.39 is 0 Å². The molecule has 0 aliphatic rings. The van der Waals surface area contributed by atoms with Crippen molar-refractivity contribution >= 4 is 16.9 Å². The van der Waals surface area contributed by atoms with Crippen molar-refractivity contribution in [3.8, 4) is 0 Å². The number of benzene rings is 1. The maximum absolute atomic E-state index is 13.5. The largest absolute Gasteiger partial charge is 0.336 e. The van der Waals surface area contributed by atoms with Gasteiger partial charge in [0.05, 0.1) is 11.0 Å². The lowest BCUT2D eigenvalue weighted by Gasteiger charge is -2.29. The zero-order chi connectivity index (χ0) is 23.7. The number of nitrogens with zero attached hydrogens (tertiary/aromatic N) is 5. The minimum absolute atomic E-state index is 0.0269. The zero-order valence-electron chi connectivity index (χ0n) is 20.9. The number of likely N-dealkylation sites (N-methyl/N-ethyl adjacent to an activating group) is 3. The first-order chi connectivity index (χ1) is 15.3. The molecule has 180 valence electrons. The number of carbonyl (C=O) groups excluding carboxylic acids is 1. The maximum Gasteiger partial charge on any atom is 0.326 e. The Bertz CT molecular complexity index is 880. The Morgan fingerprint density at radius 3 is 1.94 bits per heavy atom. The molecule has 2 rings (SSSR count). The van der Waals surface area contributed by atoms with Gasteiger partial charge in [-0.1, -0.05) is 27.7 Å². The number of rotatable bonds is 14.